The molecule has 2 rings (SSSR count). The fraction of sp³-hybridized carbons (Fsp3) is 0.200. The summed E-state index contributed by atoms with van der Waals surface area (Å²) >= 11 is 12.8. The highest BCUT2D eigenvalue weighted by Gasteiger charge is 2.35. The summed E-state index contributed by atoms with van der Waals surface area (Å²) in [6, 6.07) is 16.7. The van der Waals surface area contributed by atoms with Crippen molar-refractivity contribution in [3.8, 4) is 5.75 Å². The lowest BCUT2D eigenvalue weighted by atomic mass is 10.2. The number of hydrogen-bond acceptors (Lipinski definition) is 3. The molecule has 0 aromatic heterocycles. The van der Waals surface area contributed by atoms with E-state index >= 15 is 0 Å². The minimum Gasteiger partial charge on any atom is -0.515 e. The molecule has 0 atom stereocenters. The third kappa shape index (κ3) is 4.22. The fourth-order valence-electron chi connectivity index (χ4n) is 1.90. The van der Waals surface area contributed by atoms with E-state index in [2.05, 4.69) is 0 Å². The van der Waals surface area contributed by atoms with E-state index in [0.29, 0.717) is 5.75 Å². The molecule has 6 heteroatoms. The van der Waals surface area contributed by atoms with Gasteiger partial charge in [0.25, 0.3) is 0 Å². The lowest BCUT2D eigenvalue weighted by Gasteiger charge is -2.20. The van der Waals surface area contributed by atoms with Crippen molar-refractivity contribution >= 4 is 34.3 Å². The molecule has 0 radical (unpaired) electrons. The van der Waals surface area contributed by atoms with Crippen LogP contribution in [0.15, 0.2) is 54.6 Å². The molecule has 0 saturated carbocycles. The minimum atomic E-state index is -3.00. The van der Waals surface area contributed by atoms with Crippen molar-refractivity contribution in [3.63, 3.8) is 0 Å². The van der Waals surface area contributed by atoms with Crippen molar-refractivity contribution in [3.05, 3.63) is 60.2 Å². The first-order valence-electron chi connectivity index (χ1n) is 6.34. The summed E-state index contributed by atoms with van der Waals surface area (Å²) < 4.78 is 16.2. The zero-order chi connectivity index (χ0) is 15.3. The number of benzene rings is 2. The normalized spacial score (nSPS) is 11.7. The van der Waals surface area contributed by atoms with E-state index in [-0.39, 0.29) is 0 Å². The first kappa shape index (κ1) is 16.3. The highest BCUT2D eigenvalue weighted by molar-refractivity contribution is 7.48. The van der Waals surface area contributed by atoms with Crippen molar-refractivity contribution < 1.29 is 13.9 Å². The summed E-state index contributed by atoms with van der Waals surface area (Å²) in [5, 5.41) is 0.809. The first-order valence-corrected chi connectivity index (χ1v) is 10.3. The molecule has 0 aliphatic heterocycles. The van der Waals surface area contributed by atoms with Crippen LogP contribution in [0.4, 0.5) is 0 Å². The average molecular weight is 343 g/mol. The zero-order valence-corrected chi connectivity index (χ0v) is 14.3. The summed E-state index contributed by atoms with van der Waals surface area (Å²) in [5.41, 5.74) is 0.892. The number of rotatable bonds is 6. The molecule has 2 aromatic rings. The topological polar surface area (TPSA) is 27.7 Å². The number of halogens is 2. The molecular formula is C15H16Cl2O3Si. The van der Waals surface area contributed by atoms with Crippen molar-refractivity contribution in [2.75, 3.05) is 14.2 Å². The zero-order valence-electron chi connectivity index (χ0n) is 11.8. The maximum Gasteiger partial charge on any atom is 0.484 e. The quantitative estimate of drug-likeness (QED) is 0.455. The van der Waals surface area contributed by atoms with Crippen LogP contribution in [-0.2, 0) is 9.47 Å². The van der Waals surface area contributed by atoms with Crippen molar-refractivity contribution in [2.45, 2.75) is 6.29 Å². The summed E-state index contributed by atoms with van der Waals surface area (Å²) in [6.45, 7) is -3.00. The van der Waals surface area contributed by atoms with Gasteiger partial charge in [-0.05, 0) is 12.1 Å². The van der Waals surface area contributed by atoms with Gasteiger partial charge in [0, 0.05) is 25.0 Å². The van der Waals surface area contributed by atoms with Crippen LogP contribution in [0.5, 0.6) is 5.75 Å². The third-order valence-corrected chi connectivity index (χ3v) is 6.21. The Morgan fingerprint density at radius 2 is 1.43 bits per heavy atom. The molecule has 0 N–H and O–H groups in total. The molecule has 0 aliphatic carbocycles. The van der Waals surface area contributed by atoms with Crippen LogP contribution in [0.2, 0.25) is 0 Å². The monoisotopic (exact) mass is 342 g/mol. The van der Waals surface area contributed by atoms with Crippen LogP contribution in [-0.4, -0.2) is 21.2 Å². The van der Waals surface area contributed by atoms with Crippen LogP contribution in [0.25, 0.3) is 0 Å². The van der Waals surface area contributed by atoms with E-state index in [0.717, 1.165) is 10.8 Å². The molecular weight excluding hydrogens is 327 g/mol. The molecule has 21 heavy (non-hydrogen) atoms. The molecule has 112 valence electrons. The van der Waals surface area contributed by atoms with Crippen molar-refractivity contribution in [2.24, 2.45) is 0 Å². The Bertz CT molecular complexity index is 557. The van der Waals surface area contributed by atoms with E-state index in [4.69, 9.17) is 36.1 Å². The number of ether oxygens (including phenoxy) is 2. The van der Waals surface area contributed by atoms with Gasteiger partial charge in [-0.25, -0.2) is 0 Å². The molecule has 0 spiro atoms. The molecule has 0 unspecified atom stereocenters. The van der Waals surface area contributed by atoms with Crippen LogP contribution >= 0.6 is 22.2 Å². The number of methoxy groups -OCH3 is 2. The first-order chi connectivity index (χ1) is 10.1. The predicted octanol–water partition coefficient (Wildman–Crippen LogP) is 3.68. The Morgan fingerprint density at radius 3 is 1.95 bits per heavy atom. The van der Waals surface area contributed by atoms with E-state index in [1.54, 1.807) is 26.4 Å². The minimum absolute atomic E-state index is 0.401. The Balaban J connectivity index is 2.13. The number of hydrogen-bond donors (Lipinski definition) is 0. The Hall–Kier alpha value is -1.04. The summed E-state index contributed by atoms with van der Waals surface area (Å²) in [7, 11) is 3.17. The molecule has 0 saturated heterocycles. The average Bonchev–Trinajstić information content (AvgIpc) is 2.51. The largest absolute Gasteiger partial charge is 0.515 e. The third-order valence-electron chi connectivity index (χ3n) is 2.94. The summed E-state index contributed by atoms with van der Waals surface area (Å²) in [5.74, 6) is 0.616. The second-order valence-corrected chi connectivity index (χ2v) is 9.95. The second-order valence-electron chi connectivity index (χ2n) is 4.36. The molecule has 3 nitrogen and oxygen atoms in total. The lowest BCUT2D eigenvalue weighted by Crippen LogP contribution is -2.43. The maximum absolute atomic E-state index is 6.39. The second kappa shape index (κ2) is 7.29. The molecule has 0 fully saturated rings. The van der Waals surface area contributed by atoms with Crippen molar-refractivity contribution in [1.82, 2.24) is 0 Å². The van der Waals surface area contributed by atoms with Gasteiger partial charge < -0.3 is 13.9 Å². The summed E-state index contributed by atoms with van der Waals surface area (Å²) in [4.78, 5) is 0. The van der Waals surface area contributed by atoms with Gasteiger partial charge in [0.15, 0.2) is 6.29 Å². The molecule has 0 aliphatic rings. The van der Waals surface area contributed by atoms with Crippen LogP contribution in [0.1, 0.15) is 11.9 Å². The molecule has 0 amide bonds. The highest BCUT2D eigenvalue weighted by Crippen LogP contribution is 2.25. The van der Waals surface area contributed by atoms with Crippen LogP contribution < -0.4 is 9.61 Å². The lowest BCUT2D eigenvalue weighted by molar-refractivity contribution is -0.106. The van der Waals surface area contributed by atoms with Gasteiger partial charge in [0.2, 0.25) is 0 Å². The van der Waals surface area contributed by atoms with E-state index in [9.17, 15) is 0 Å². The smallest absolute Gasteiger partial charge is 0.484 e. The summed E-state index contributed by atoms with van der Waals surface area (Å²) in [6.07, 6.45) is -0.401. The van der Waals surface area contributed by atoms with E-state index < -0.39 is 13.2 Å². The van der Waals surface area contributed by atoms with Gasteiger partial charge in [-0.1, -0.05) is 64.6 Å². The Kier molecular flexibility index (Phi) is 5.67. The standard InChI is InChI=1S/C15H16Cl2O3Si/c1-18-15(19-2)12-8-10-13(11-9-12)20-21(16,17)14-6-4-3-5-7-14/h3-11,15H,1-2H3. The van der Waals surface area contributed by atoms with Gasteiger partial charge in [-0.2, -0.15) is 0 Å². The molecule has 0 bridgehead atoms. The van der Waals surface area contributed by atoms with E-state index in [1.165, 1.54) is 0 Å². The molecule has 2 aromatic carbocycles. The SMILES string of the molecule is COC(OC)c1ccc(O[Si](Cl)(Cl)c2ccccc2)cc1. The van der Waals surface area contributed by atoms with Gasteiger partial charge in [-0.15, -0.1) is 0 Å². The van der Waals surface area contributed by atoms with Crippen LogP contribution in [0, 0.1) is 0 Å². The van der Waals surface area contributed by atoms with Gasteiger partial charge in [0.1, 0.15) is 5.75 Å². The van der Waals surface area contributed by atoms with Gasteiger partial charge >= 0.3 is 6.94 Å². The van der Waals surface area contributed by atoms with Gasteiger partial charge in [0.05, 0.1) is 0 Å². The fourth-order valence-corrected chi connectivity index (χ4v) is 4.32. The van der Waals surface area contributed by atoms with Crippen LogP contribution in [0.3, 0.4) is 0 Å². The van der Waals surface area contributed by atoms with Crippen molar-refractivity contribution in [1.29, 1.82) is 0 Å². The molecule has 0 heterocycles. The highest BCUT2D eigenvalue weighted by atomic mass is 35.7. The Morgan fingerprint density at radius 1 is 0.857 bits per heavy atom. The van der Waals surface area contributed by atoms with Gasteiger partial charge in [-0.3, -0.25) is 0 Å². The maximum atomic E-state index is 6.39. The Labute approximate surface area is 134 Å². The predicted molar refractivity (Wildman–Crippen MR) is 87.4 cm³/mol. The van der Waals surface area contributed by atoms with E-state index in [1.807, 2.05) is 42.5 Å².